The van der Waals surface area contributed by atoms with Gasteiger partial charge in [-0.25, -0.2) is 0 Å². The Morgan fingerprint density at radius 3 is 1.38 bits per heavy atom. The van der Waals surface area contributed by atoms with Crippen LogP contribution in [0.25, 0.3) is 0 Å². The molecule has 0 saturated carbocycles. The lowest BCUT2D eigenvalue weighted by Crippen LogP contribution is -2.71. The molecular weight excluding hydrogens is 819 g/mol. The lowest BCUT2D eigenvalue weighted by molar-refractivity contribution is -0.339. The van der Waals surface area contributed by atoms with E-state index < -0.39 is 117 Å². The Balaban J connectivity index is 2.97. The van der Waals surface area contributed by atoms with Gasteiger partial charge in [0.05, 0.1) is 6.61 Å². The highest BCUT2D eigenvalue weighted by Gasteiger charge is 2.57. The summed E-state index contributed by atoms with van der Waals surface area (Å²) in [4.78, 5) is 27.3. The molecule has 0 radical (unpaired) electrons. The molecule has 0 aromatic heterocycles. The van der Waals surface area contributed by atoms with Crippen molar-refractivity contribution in [2.75, 3.05) is 19.8 Å². The van der Waals surface area contributed by atoms with E-state index in [1.54, 1.807) is 11.0 Å². The molecule has 19 heteroatoms. The van der Waals surface area contributed by atoms with Crippen LogP contribution in [0.1, 0.15) is 13.8 Å². The zero-order chi connectivity index (χ0) is 43.4. The molecule has 0 N–H and O–H groups in total. The molecule has 0 aromatic rings. The number of hydrogen-bond acceptors (Lipinski definition) is 12. The second-order valence-corrected chi connectivity index (χ2v) is 47.7. The third-order valence-electron chi connectivity index (χ3n) is 8.11. The number of amides is 1. The molecule has 328 valence electrons. The maximum Gasteiger partial charge on any atom is 0.302 e. The van der Waals surface area contributed by atoms with Crippen molar-refractivity contribution in [3.63, 3.8) is 0 Å². The quantitative estimate of drug-likeness (QED) is 0.0688. The molecule has 2 fully saturated rings. The molecule has 0 aliphatic carbocycles. The maximum atomic E-state index is 13.3. The standard InChI is InChI=1S/C37H79NO12Si6/c1-22-23-38(26(2)39)36-34(49-55(16,17)18)32(47-53(10,11)12)30(29(43-36)25-42-51(4,5)6)45-37-35(50-56(19,20)21)33(48-54(13,14)15)31(46-52(7,8)9)28(44-37)24-41-27(3)40/h22,28-37H,1,23-25H2,2-21H3/t28?,29?,30-,31-,32?,33?,34?,35+,36-,37+/m0/s1. The fourth-order valence-corrected chi connectivity index (χ4v) is 12.6. The van der Waals surface area contributed by atoms with Crippen molar-refractivity contribution in [2.45, 2.75) is 193 Å². The van der Waals surface area contributed by atoms with Gasteiger partial charge in [-0.15, -0.1) is 6.58 Å². The second kappa shape index (κ2) is 20.0. The van der Waals surface area contributed by atoms with Crippen molar-refractivity contribution in [2.24, 2.45) is 0 Å². The smallest absolute Gasteiger partial charge is 0.302 e. The highest BCUT2D eigenvalue weighted by atomic mass is 28.4. The highest BCUT2D eigenvalue weighted by Crippen LogP contribution is 2.39. The minimum absolute atomic E-state index is 0.0632. The Kier molecular flexibility index (Phi) is 18.5. The fraction of sp³-hybridized carbons (Fsp3) is 0.892. The first-order valence-electron chi connectivity index (χ1n) is 20.1. The van der Waals surface area contributed by atoms with Gasteiger partial charge < -0.3 is 50.4 Å². The summed E-state index contributed by atoms with van der Waals surface area (Å²) in [6, 6.07) is 0. The summed E-state index contributed by atoms with van der Waals surface area (Å²) in [5.74, 6) is -0.608. The van der Waals surface area contributed by atoms with Gasteiger partial charge in [-0.3, -0.25) is 9.59 Å². The van der Waals surface area contributed by atoms with Crippen molar-refractivity contribution >= 4 is 61.8 Å². The summed E-state index contributed by atoms with van der Waals surface area (Å²) in [5.41, 5.74) is 0. The van der Waals surface area contributed by atoms with Gasteiger partial charge in [-0.05, 0) is 118 Å². The zero-order valence-corrected chi connectivity index (χ0v) is 44.5. The molecule has 2 saturated heterocycles. The van der Waals surface area contributed by atoms with Crippen molar-refractivity contribution < 1.29 is 55.1 Å². The minimum Gasteiger partial charge on any atom is -0.463 e. The van der Waals surface area contributed by atoms with Gasteiger partial charge in [-0.2, -0.15) is 0 Å². The monoisotopic (exact) mass is 897 g/mol. The van der Waals surface area contributed by atoms with E-state index in [1.807, 2.05) is 0 Å². The molecule has 56 heavy (non-hydrogen) atoms. The minimum atomic E-state index is -2.36. The van der Waals surface area contributed by atoms with Crippen molar-refractivity contribution in [1.29, 1.82) is 0 Å². The lowest BCUT2D eigenvalue weighted by atomic mass is 9.96. The topological polar surface area (TPSA) is 130 Å². The Hall–Kier alpha value is -0.379. The van der Waals surface area contributed by atoms with Gasteiger partial charge >= 0.3 is 5.97 Å². The highest BCUT2D eigenvalue weighted by molar-refractivity contribution is 6.71. The van der Waals surface area contributed by atoms with Crippen molar-refractivity contribution in [3.05, 3.63) is 12.7 Å². The van der Waals surface area contributed by atoms with E-state index in [9.17, 15) is 9.59 Å². The van der Waals surface area contributed by atoms with Gasteiger partial charge in [0, 0.05) is 20.4 Å². The van der Waals surface area contributed by atoms with Crippen LogP contribution in [0.5, 0.6) is 0 Å². The van der Waals surface area contributed by atoms with Crippen LogP contribution in [0, 0.1) is 0 Å². The Morgan fingerprint density at radius 2 is 0.964 bits per heavy atom. The van der Waals surface area contributed by atoms with Crippen LogP contribution in [0.2, 0.25) is 118 Å². The first kappa shape index (κ1) is 51.8. The largest absolute Gasteiger partial charge is 0.463 e. The Labute approximate surface area is 345 Å². The van der Waals surface area contributed by atoms with Gasteiger partial charge in [0.15, 0.2) is 62.4 Å². The molecule has 2 heterocycles. The summed E-state index contributed by atoms with van der Waals surface area (Å²) in [6.45, 7) is 45.4. The summed E-state index contributed by atoms with van der Waals surface area (Å²) in [5, 5.41) is 0. The molecule has 5 unspecified atom stereocenters. The van der Waals surface area contributed by atoms with Crippen LogP contribution in [-0.4, -0.2) is 148 Å². The molecule has 2 aliphatic rings. The molecule has 2 rings (SSSR count). The number of esters is 1. The second-order valence-electron chi connectivity index (χ2n) is 20.9. The molecule has 2 aliphatic heterocycles. The summed E-state index contributed by atoms with van der Waals surface area (Å²) in [7, 11) is -13.6. The normalized spacial score (nSPS) is 29.9. The SMILES string of the molecule is C=CCN(C(C)=O)[C@H]1OC(CO[Si](C)(C)C)[C@H](O[C@H]2OC(COC(C)=O)[C@H](O[Si](C)(C)C)C(O[Si](C)(C)C)[C@H]2O[Si](C)(C)C)C(O[Si](C)(C)C)C1O[Si](C)(C)C. The number of ether oxygens (including phenoxy) is 4. The molecule has 0 bridgehead atoms. The third-order valence-corrected chi connectivity index (χ3v) is 14.0. The van der Waals surface area contributed by atoms with Gasteiger partial charge in [0.1, 0.15) is 55.4 Å². The molecular formula is C37H79NO12Si6. The van der Waals surface area contributed by atoms with E-state index >= 15 is 0 Å². The predicted octanol–water partition coefficient (Wildman–Crippen LogP) is 7.37. The van der Waals surface area contributed by atoms with E-state index in [4.69, 9.17) is 45.5 Å². The molecule has 0 spiro atoms. The number of carbonyl (C=O) groups is 2. The van der Waals surface area contributed by atoms with E-state index in [0.717, 1.165) is 0 Å². The van der Waals surface area contributed by atoms with Crippen LogP contribution in [0.3, 0.4) is 0 Å². The Morgan fingerprint density at radius 1 is 0.554 bits per heavy atom. The molecule has 10 atom stereocenters. The van der Waals surface area contributed by atoms with E-state index in [0.29, 0.717) is 0 Å². The van der Waals surface area contributed by atoms with E-state index in [1.165, 1.54) is 13.8 Å². The van der Waals surface area contributed by atoms with Crippen LogP contribution in [-0.2, 0) is 55.1 Å². The fourth-order valence-electron chi connectivity index (χ4n) is 6.51. The number of rotatable bonds is 20. The molecule has 13 nitrogen and oxygen atoms in total. The summed E-state index contributed by atoms with van der Waals surface area (Å²) < 4.78 is 68.7. The van der Waals surface area contributed by atoms with Crippen molar-refractivity contribution in [3.8, 4) is 0 Å². The first-order valence-corrected chi connectivity index (χ1v) is 40.6. The molecule has 0 aromatic carbocycles. The third kappa shape index (κ3) is 18.1. The van der Waals surface area contributed by atoms with Gasteiger partial charge in [0.25, 0.3) is 0 Å². The van der Waals surface area contributed by atoms with Crippen LogP contribution < -0.4 is 0 Å². The Bertz CT molecular complexity index is 1290. The van der Waals surface area contributed by atoms with E-state index in [2.05, 4.69) is 124 Å². The first-order chi connectivity index (χ1) is 25.1. The van der Waals surface area contributed by atoms with E-state index in [-0.39, 0.29) is 25.7 Å². The summed E-state index contributed by atoms with van der Waals surface area (Å²) >= 11 is 0. The van der Waals surface area contributed by atoms with Crippen molar-refractivity contribution in [1.82, 2.24) is 4.90 Å². The summed E-state index contributed by atoms with van der Waals surface area (Å²) in [6.07, 6.45) is -5.77. The predicted molar refractivity (Wildman–Crippen MR) is 237 cm³/mol. The number of nitrogens with zero attached hydrogens (tertiary/aromatic N) is 1. The van der Waals surface area contributed by atoms with Gasteiger partial charge in [0.2, 0.25) is 5.91 Å². The van der Waals surface area contributed by atoms with Crippen LogP contribution >= 0.6 is 0 Å². The molecule has 1 amide bonds. The number of carbonyl (C=O) groups excluding carboxylic acids is 2. The maximum absolute atomic E-state index is 13.3. The number of hydrogen-bond donors (Lipinski definition) is 0. The van der Waals surface area contributed by atoms with Gasteiger partial charge in [-0.1, -0.05) is 6.08 Å². The van der Waals surface area contributed by atoms with Crippen LogP contribution in [0.15, 0.2) is 12.7 Å². The average molecular weight is 899 g/mol. The van der Waals surface area contributed by atoms with Crippen LogP contribution in [0.4, 0.5) is 0 Å². The average Bonchev–Trinajstić information content (AvgIpc) is 2.95. The lowest BCUT2D eigenvalue weighted by Gasteiger charge is -2.54. The zero-order valence-electron chi connectivity index (χ0n) is 38.5.